The van der Waals surface area contributed by atoms with Crippen molar-refractivity contribution < 1.29 is 34.8 Å². The maximum Gasteiger partial charge on any atom is 0.320 e. The van der Waals surface area contributed by atoms with Gasteiger partial charge in [-0.3, -0.25) is 29.4 Å². The van der Waals surface area contributed by atoms with Gasteiger partial charge in [-0.05, 0) is 50.7 Å². The van der Waals surface area contributed by atoms with Gasteiger partial charge in [0.25, 0.3) is 0 Å². The van der Waals surface area contributed by atoms with Crippen LogP contribution in [0, 0.1) is 10.8 Å². The molecule has 4 rings (SSSR count). The number of aliphatic carboxylic acids is 2. The van der Waals surface area contributed by atoms with Crippen LogP contribution in [0.5, 0.6) is 0 Å². The number of carboxylic acid groups (broad SMARTS) is 2. The Morgan fingerprint density at radius 1 is 1.05 bits per heavy atom. The highest BCUT2D eigenvalue weighted by molar-refractivity contribution is 5.81. The first kappa shape index (κ1) is 30.3. The van der Waals surface area contributed by atoms with Gasteiger partial charge in [-0.2, -0.15) is 0 Å². The van der Waals surface area contributed by atoms with Gasteiger partial charge in [-0.15, -0.1) is 0 Å². The Bertz CT molecular complexity index is 1120. The number of likely N-dealkylation sites (tertiary alicyclic amines) is 2. The summed E-state index contributed by atoms with van der Waals surface area (Å²) in [7, 11) is 2.70. The molecular formula is C27H37N5O7. The number of pyridine rings is 2. The summed E-state index contributed by atoms with van der Waals surface area (Å²) in [5.74, 6) is -2.45. The highest BCUT2D eigenvalue weighted by atomic mass is 16.4. The Morgan fingerprint density at radius 3 is 2.10 bits per heavy atom. The standard InChI is InChI=1S/C26H33N5O6.CH4O/c1-30-20(17-8-3-6-12-28-17)25(16-32)14-31(19(22(33)34)10-2-5-11-27)15-26(23(25)35,24(36)37)21(30)18-9-4-7-13-29-18;1-2/h3-4,6-9,12-13,16,19-21,23,35H,2,5,10-11,14-15,27H2,1H3,(H,33,34)(H,36,37);2H,1H3/t19?,20-,21+,23-,25?,26?;/m0./s1. The maximum absolute atomic E-state index is 13.2. The summed E-state index contributed by atoms with van der Waals surface area (Å²) in [6.07, 6.45) is 3.41. The van der Waals surface area contributed by atoms with Crippen LogP contribution in [0.2, 0.25) is 0 Å². The minimum Gasteiger partial charge on any atom is -0.481 e. The summed E-state index contributed by atoms with van der Waals surface area (Å²) in [6, 6.07) is 7.41. The molecule has 0 amide bonds. The number of aliphatic hydroxyl groups is 2. The van der Waals surface area contributed by atoms with Crippen molar-refractivity contribution in [2.45, 2.75) is 43.5 Å². The van der Waals surface area contributed by atoms with Crippen molar-refractivity contribution in [1.29, 1.82) is 0 Å². The van der Waals surface area contributed by atoms with Gasteiger partial charge in [0.1, 0.15) is 17.7 Å². The maximum atomic E-state index is 13.2. The molecule has 2 saturated heterocycles. The van der Waals surface area contributed by atoms with E-state index in [0.717, 1.165) is 7.11 Å². The second-order valence-electron chi connectivity index (χ2n) is 10.0. The van der Waals surface area contributed by atoms with Crippen molar-refractivity contribution >= 4 is 18.2 Å². The number of hydrogen-bond acceptors (Lipinski definition) is 10. The van der Waals surface area contributed by atoms with Gasteiger partial charge in [0.15, 0.2) is 0 Å². The van der Waals surface area contributed by atoms with Gasteiger partial charge in [-0.25, -0.2) is 0 Å². The highest BCUT2D eigenvalue weighted by Crippen LogP contribution is 2.61. The zero-order valence-corrected chi connectivity index (χ0v) is 22.1. The van der Waals surface area contributed by atoms with Crippen LogP contribution >= 0.6 is 0 Å². The lowest BCUT2D eigenvalue weighted by molar-refractivity contribution is -0.239. The fraction of sp³-hybridized carbons (Fsp3) is 0.519. The molecule has 39 heavy (non-hydrogen) atoms. The average Bonchev–Trinajstić information content (AvgIpc) is 2.94. The molecule has 4 heterocycles. The lowest BCUT2D eigenvalue weighted by Crippen LogP contribution is -2.76. The van der Waals surface area contributed by atoms with Gasteiger partial charge in [0, 0.05) is 32.6 Å². The van der Waals surface area contributed by atoms with E-state index in [9.17, 15) is 29.7 Å². The Labute approximate surface area is 227 Å². The summed E-state index contributed by atoms with van der Waals surface area (Å²) in [6.45, 7) is -0.0251. The molecule has 2 aliphatic rings. The van der Waals surface area contributed by atoms with E-state index in [1.165, 1.54) is 11.1 Å². The molecule has 6 atom stereocenters. The number of piperidine rings is 2. The van der Waals surface area contributed by atoms with Gasteiger partial charge < -0.3 is 31.0 Å². The van der Waals surface area contributed by atoms with E-state index in [1.54, 1.807) is 54.5 Å². The average molecular weight is 544 g/mol. The number of carbonyl (C=O) groups excluding carboxylic acids is 1. The van der Waals surface area contributed by atoms with E-state index in [0.29, 0.717) is 37.1 Å². The van der Waals surface area contributed by atoms with Crippen LogP contribution in [0.25, 0.3) is 0 Å². The first-order valence-corrected chi connectivity index (χ1v) is 12.8. The Kier molecular flexibility index (Phi) is 9.86. The van der Waals surface area contributed by atoms with E-state index >= 15 is 0 Å². The molecule has 0 aliphatic carbocycles. The molecule has 2 aromatic heterocycles. The van der Waals surface area contributed by atoms with Crippen LogP contribution in [0.4, 0.5) is 0 Å². The molecule has 2 bridgehead atoms. The molecule has 12 heteroatoms. The summed E-state index contributed by atoms with van der Waals surface area (Å²) in [5.41, 5.74) is 2.84. The van der Waals surface area contributed by atoms with Crippen LogP contribution in [0.15, 0.2) is 48.8 Å². The zero-order valence-electron chi connectivity index (χ0n) is 22.1. The number of hydrogen-bond donors (Lipinski definition) is 5. The van der Waals surface area contributed by atoms with Crippen molar-refractivity contribution in [3.63, 3.8) is 0 Å². The number of aldehydes is 1. The number of nitrogens with two attached hydrogens (primary N) is 1. The molecular weight excluding hydrogens is 506 g/mol. The molecule has 2 aliphatic heterocycles. The van der Waals surface area contributed by atoms with Crippen LogP contribution in [-0.2, 0) is 14.4 Å². The Morgan fingerprint density at radius 2 is 1.64 bits per heavy atom. The van der Waals surface area contributed by atoms with E-state index in [-0.39, 0.29) is 19.5 Å². The fourth-order valence-electron chi connectivity index (χ4n) is 6.42. The molecule has 2 aromatic rings. The third kappa shape index (κ3) is 5.18. The molecule has 2 fully saturated rings. The number of nitrogens with zero attached hydrogens (tertiary/aromatic N) is 4. The lowest BCUT2D eigenvalue weighted by Gasteiger charge is -2.64. The van der Waals surface area contributed by atoms with Crippen molar-refractivity contribution in [2.24, 2.45) is 16.6 Å². The van der Waals surface area contributed by atoms with Crippen LogP contribution < -0.4 is 5.73 Å². The summed E-state index contributed by atoms with van der Waals surface area (Å²) < 4.78 is 0. The third-order valence-electron chi connectivity index (χ3n) is 7.96. The van der Waals surface area contributed by atoms with Gasteiger partial charge in [0.2, 0.25) is 0 Å². The number of unbranched alkanes of at least 4 members (excludes halogenated alkanes) is 1. The van der Waals surface area contributed by atoms with Crippen molar-refractivity contribution in [3.8, 4) is 0 Å². The SMILES string of the molecule is CN1[C@@H](c2ccccn2)C2(C=O)CN(C(CCCCN)C(=O)O)CC(C(=O)O)([C@H]1c1ccccn1)[C@H]2O.CO. The van der Waals surface area contributed by atoms with E-state index in [4.69, 9.17) is 10.8 Å². The molecule has 212 valence electrons. The third-order valence-corrected chi connectivity index (χ3v) is 7.96. The van der Waals surface area contributed by atoms with E-state index in [2.05, 4.69) is 9.97 Å². The number of carbonyl (C=O) groups is 3. The topological polar surface area (TPSA) is 190 Å². The number of fused-ring (bicyclic) bond motifs is 2. The summed E-state index contributed by atoms with van der Waals surface area (Å²) >= 11 is 0. The van der Waals surface area contributed by atoms with Gasteiger partial charge in [-0.1, -0.05) is 18.6 Å². The Hall–Kier alpha value is -3.29. The minimum absolute atomic E-state index is 0.146. The lowest BCUT2D eigenvalue weighted by atomic mass is 9.54. The largest absolute Gasteiger partial charge is 0.481 e. The first-order valence-electron chi connectivity index (χ1n) is 12.8. The van der Waals surface area contributed by atoms with Crippen molar-refractivity contribution in [2.75, 3.05) is 33.8 Å². The molecule has 0 aromatic carbocycles. The van der Waals surface area contributed by atoms with Crippen LogP contribution in [-0.4, -0.2) is 104 Å². The molecule has 3 unspecified atom stereocenters. The fourth-order valence-corrected chi connectivity index (χ4v) is 6.42. The van der Waals surface area contributed by atoms with E-state index in [1.807, 2.05) is 0 Å². The number of aliphatic hydroxyl groups excluding tert-OH is 2. The quantitative estimate of drug-likeness (QED) is 0.204. The molecule has 12 nitrogen and oxygen atoms in total. The molecule has 0 spiro atoms. The smallest absolute Gasteiger partial charge is 0.320 e. The normalized spacial score (nSPS) is 29.5. The zero-order chi connectivity index (χ0) is 28.8. The molecule has 0 radical (unpaired) electrons. The van der Waals surface area contributed by atoms with Crippen molar-refractivity contribution in [3.05, 3.63) is 60.2 Å². The number of carboxylic acids is 2. The first-order chi connectivity index (χ1) is 18.7. The Balaban J connectivity index is 0.00000205. The molecule has 0 saturated carbocycles. The second kappa shape index (κ2) is 12.7. The molecule has 6 N–H and O–H groups in total. The van der Waals surface area contributed by atoms with Crippen LogP contribution in [0.1, 0.15) is 42.7 Å². The van der Waals surface area contributed by atoms with Crippen molar-refractivity contribution in [1.82, 2.24) is 19.8 Å². The second-order valence-corrected chi connectivity index (χ2v) is 10.0. The summed E-state index contributed by atoms with van der Waals surface area (Å²) in [4.78, 5) is 50.8. The number of rotatable bonds is 10. The van der Waals surface area contributed by atoms with Crippen LogP contribution in [0.3, 0.4) is 0 Å². The minimum atomic E-state index is -1.95. The number of aromatic nitrogens is 2. The highest BCUT2D eigenvalue weighted by Gasteiger charge is 2.72. The van der Waals surface area contributed by atoms with E-state index < -0.39 is 47.0 Å². The monoisotopic (exact) mass is 543 g/mol. The predicted octanol–water partition coefficient (Wildman–Crippen LogP) is 0.328. The predicted molar refractivity (Wildman–Crippen MR) is 140 cm³/mol. The van der Waals surface area contributed by atoms with Gasteiger partial charge >= 0.3 is 11.9 Å². The van der Waals surface area contributed by atoms with Gasteiger partial charge in [0.05, 0.1) is 35.0 Å². The summed E-state index contributed by atoms with van der Waals surface area (Å²) in [5, 5.41) is 39.8.